The number of halogens is 2. The van der Waals surface area contributed by atoms with Crippen LogP contribution in [0.1, 0.15) is 35.5 Å². The Morgan fingerprint density at radius 1 is 1.11 bits per heavy atom. The molecule has 1 aromatic heterocycles. The van der Waals surface area contributed by atoms with Crippen molar-refractivity contribution < 1.29 is 9.18 Å². The van der Waals surface area contributed by atoms with E-state index in [2.05, 4.69) is 44.5 Å². The number of carbonyl (C=O) groups is 1. The van der Waals surface area contributed by atoms with Crippen LogP contribution in [0.5, 0.6) is 0 Å². The molecule has 140 valence electrons. The molecule has 2 aromatic carbocycles. The van der Waals surface area contributed by atoms with Crippen molar-refractivity contribution in [2.24, 2.45) is 4.99 Å². The minimum Gasteiger partial charge on any atom is -0.316 e. The lowest BCUT2D eigenvalue weighted by molar-refractivity contribution is 0.0998. The molecule has 0 aliphatic heterocycles. The average Bonchev–Trinajstić information content (AvgIpc) is 3.00. The lowest BCUT2D eigenvalue weighted by atomic mass is 10.1. The zero-order chi connectivity index (χ0) is 19.4. The van der Waals surface area contributed by atoms with Gasteiger partial charge in [-0.2, -0.15) is 4.99 Å². The van der Waals surface area contributed by atoms with Crippen molar-refractivity contribution in [2.75, 3.05) is 0 Å². The molecule has 0 N–H and O–H groups in total. The molecule has 1 heterocycles. The molecule has 0 radical (unpaired) electrons. The van der Waals surface area contributed by atoms with Gasteiger partial charge in [-0.25, -0.2) is 4.39 Å². The number of hydrogen-bond acceptors (Lipinski definition) is 2. The number of thiazole rings is 1. The topological polar surface area (TPSA) is 34.4 Å². The predicted octanol–water partition coefficient (Wildman–Crippen LogP) is 5.83. The molecule has 0 saturated heterocycles. The van der Waals surface area contributed by atoms with Gasteiger partial charge in [-0.1, -0.05) is 41.4 Å². The van der Waals surface area contributed by atoms with Crippen LogP contribution in [-0.2, 0) is 13.0 Å². The smallest absolute Gasteiger partial charge is 0.279 e. The first-order chi connectivity index (χ1) is 13.0. The van der Waals surface area contributed by atoms with Crippen LogP contribution in [0.2, 0.25) is 0 Å². The second kappa shape index (κ2) is 8.76. The summed E-state index contributed by atoms with van der Waals surface area (Å²) in [6, 6.07) is 13.7. The van der Waals surface area contributed by atoms with E-state index in [1.165, 1.54) is 29.1 Å². The molecule has 1 amide bonds. The lowest BCUT2D eigenvalue weighted by Crippen LogP contribution is -2.17. The largest absolute Gasteiger partial charge is 0.316 e. The van der Waals surface area contributed by atoms with Gasteiger partial charge in [0.1, 0.15) is 5.82 Å². The molecule has 0 bridgehead atoms. The van der Waals surface area contributed by atoms with Crippen LogP contribution in [0.4, 0.5) is 4.39 Å². The summed E-state index contributed by atoms with van der Waals surface area (Å²) >= 11 is 5.03. The summed E-state index contributed by atoms with van der Waals surface area (Å²) in [5.74, 6) is -0.724. The maximum absolute atomic E-state index is 13.1. The Kier molecular flexibility index (Phi) is 6.39. The minimum atomic E-state index is -0.367. The molecule has 27 heavy (non-hydrogen) atoms. The summed E-state index contributed by atoms with van der Waals surface area (Å²) in [7, 11) is 0. The number of benzene rings is 2. The second-order valence-corrected chi connectivity index (χ2v) is 8.06. The number of amides is 1. The molecule has 0 spiro atoms. The fourth-order valence-corrected chi connectivity index (χ4v) is 4.48. The molecule has 3 nitrogen and oxygen atoms in total. The summed E-state index contributed by atoms with van der Waals surface area (Å²) in [5.41, 5.74) is 2.60. The van der Waals surface area contributed by atoms with E-state index in [0.717, 1.165) is 28.6 Å². The van der Waals surface area contributed by atoms with Crippen molar-refractivity contribution in [1.82, 2.24) is 4.57 Å². The highest BCUT2D eigenvalue weighted by Crippen LogP contribution is 2.28. The van der Waals surface area contributed by atoms with Crippen molar-refractivity contribution >= 4 is 33.2 Å². The predicted molar refractivity (Wildman–Crippen MR) is 111 cm³/mol. The van der Waals surface area contributed by atoms with Crippen LogP contribution >= 0.6 is 27.3 Å². The van der Waals surface area contributed by atoms with Crippen molar-refractivity contribution in [3.8, 4) is 11.3 Å². The zero-order valence-electron chi connectivity index (χ0n) is 15.2. The van der Waals surface area contributed by atoms with Gasteiger partial charge in [-0.3, -0.25) is 4.79 Å². The van der Waals surface area contributed by atoms with Gasteiger partial charge in [0.25, 0.3) is 5.91 Å². The van der Waals surface area contributed by atoms with E-state index in [9.17, 15) is 9.18 Å². The summed E-state index contributed by atoms with van der Waals surface area (Å²) in [4.78, 5) is 18.8. The van der Waals surface area contributed by atoms with E-state index in [1.54, 1.807) is 11.3 Å². The normalized spacial score (nSPS) is 11.8. The maximum Gasteiger partial charge on any atom is 0.279 e. The fourth-order valence-electron chi connectivity index (χ4n) is 2.90. The molecule has 0 atom stereocenters. The summed E-state index contributed by atoms with van der Waals surface area (Å²) in [5, 5.41) is 0. The molecular formula is C21H20BrFN2OS. The van der Waals surface area contributed by atoms with Gasteiger partial charge >= 0.3 is 0 Å². The first-order valence-corrected chi connectivity index (χ1v) is 10.5. The van der Waals surface area contributed by atoms with Crippen LogP contribution < -0.4 is 4.80 Å². The first-order valence-electron chi connectivity index (χ1n) is 8.86. The molecule has 6 heteroatoms. The number of rotatable bonds is 5. The SMILES string of the molecule is CCCc1sc(=NC(=O)c2ccc(F)cc2)n(CC)c1-c1ccc(Br)cc1. The number of aryl methyl sites for hydroxylation is 1. The van der Waals surface area contributed by atoms with Gasteiger partial charge in [0, 0.05) is 21.5 Å². The van der Waals surface area contributed by atoms with Crippen LogP contribution in [0.3, 0.4) is 0 Å². The lowest BCUT2D eigenvalue weighted by Gasteiger charge is -2.09. The van der Waals surface area contributed by atoms with E-state index < -0.39 is 0 Å². The first kappa shape index (κ1) is 19.7. The molecule has 0 saturated carbocycles. The van der Waals surface area contributed by atoms with E-state index in [0.29, 0.717) is 16.9 Å². The Bertz CT molecular complexity index is 1000. The Labute approximate surface area is 170 Å². The third-order valence-electron chi connectivity index (χ3n) is 4.18. The van der Waals surface area contributed by atoms with E-state index >= 15 is 0 Å². The van der Waals surface area contributed by atoms with Crippen LogP contribution in [0, 0.1) is 5.82 Å². The molecular weight excluding hydrogens is 427 g/mol. The van der Waals surface area contributed by atoms with Crippen molar-refractivity contribution in [2.45, 2.75) is 33.2 Å². The summed E-state index contributed by atoms with van der Waals surface area (Å²) in [6.07, 6.45) is 1.94. The number of hydrogen-bond donors (Lipinski definition) is 0. The molecule has 3 aromatic rings. The number of aromatic nitrogens is 1. The second-order valence-electron chi connectivity index (χ2n) is 6.08. The zero-order valence-corrected chi connectivity index (χ0v) is 17.6. The Morgan fingerprint density at radius 2 is 1.78 bits per heavy atom. The van der Waals surface area contributed by atoms with Gasteiger partial charge in [-0.15, -0.1) is 11.3 Å². The molecule has 0 aliphatic carbocycles. The van der Waals surface area contributed by atoms with Gasteiger partial charge in [0.15, 0.2) is 4.80 Å². The molecule has 0 unspecified atom stereocenters. The monoisotopic (exact) mass is 446 g/mol. The highest BCUT2D eigenvalue weighted by molar-refractivity contribution is 9.10. The third kappa shape index (κ3) is 4.45. The minimum absolute atomic E-state index is 0.358. The summed E-state index contributed by atoms with van der Waals surface area (Å²) < 4.78 is 16.2. The highest BCUT2D eigenvalue weighted by atomic mass is 79.9. The number of carbonyl (C=O) groups excluding carboxylic acids is 1. The van der Waals surface area contributed by atoms with E-state index in [4.69, 9.17) is 0 Å². The van der Waals surface area contributed by atoms with Crippen LogP contribution in [0.15, 0.2) is 58.0 Å². The third-order valence-corrected chi connectivity index (χ3v) is 5.85. The standard InChI is InChI=1S/C21H20BrFN2OS/c1-3-5-18-19(14-6-10-16(22)11-7-14)25(4-2)21(27-18)24-20(26)15-8-12-17(23)13-9-15/h6-13H,3-5H2,1-2H3. The molecule has 0 aliphatic rings. The van der Waals surface area contributed by atoms with Crippen molar-refractivity contribution in [1.29, 1.82) is 0 Å². The van der Waals surface area contributed by atoms with Gasteiger partial charge in [-0.05, 0) is 55.3 Å². The van der Waals surface area contributed by atoms with E-state index in [1.807, 2.05) is 19.1 Å². The summed E-state index contributed by atoms with van der Waals surface area (Å²) in [6.45, 7) is 4.90. The number of nitrogens with zero attached hydrogens (tertiary/aromatic N) is 2. The Morgan fingerprint density at radius 3 is 2.37 bits per heavy atom. The van der Waals surface area contributed by atoms with Crippen LogP contribution in [0.25, 0.3) is 11.3 Å². The van der Waals surface area contributed by atoms with Gasteiger partial charge < -0.3 is 4.57 Å². The van der Waals surface area contributed by atoms with Crippen LogP contribution in [-0.4, -0.2) is 10.5 Å². The van der Waals surface area contributed by atoms with Crippen molar-refractivity contribution in [3.63, 3.8) is 0 Å². The quantitative estimate of drug-likeness (QED) is 0.485. The molecule has 0 fully saturated rings. The molecule has 3 rings (SSSR count). The Balaban J connectivity index is 2.13. The Hall–Kier alpha value is -2.05. The fraction of sp³-hybridized carbons (Fsp3) is 0.238. The van der Waals surface area contributed by atoms with Crippen molar-refractivity contribution in [3.05, 3.63) is 74.1 Å². The van der Waals surface area contributed by atoms with Gasteiger partial charge in [0.05, 0.1) is 5.69 Å². The average molecular weight is 447 g/mol. The van der Waals surface area contributed by atoms with E-state index in [-0.39, 0.29) is 11.7 Å². The van der Waals surface area contributed by atoms with Gasteiger partial charge in [0.2, 0.25) is 0 Å². The maximum atomic E-state index is 13.1. The highest BCUT2D eigenvalue weighted by Gasteiger charge is 2.15.